The number of urea groups is 1. The summed E-state index contributed by atoms with van der Waals surface area (Å²) in [6.45, 7) is 0.935. The number of amides is 2. The molecule has 0 unspecified atom stereocenters. The summed E-state index contributed by atoms with van der Waals surface area (Å²) in [5, 5.41) is 11.8. The van der Waals surface area contributed by atoms with E-state index in [1.54, 1.807) is 11.0 Å². The third-order valence-corrected chi connectivity index (χ3v) is 3.24. The highest BCUT2D eigenvalue weighted by molar-refractivity contribution is 6.31. The average Bonchev–Trinajstić information content (AvgIpc) is 2.36. The van der Waals surface area contributed by atoms with E-state index in [4.69, 9.17) is 11.6 Å². The lowest BCUT2D eigenvalue weighted by molar-refractivity contribution is 0.0972. The van der Waals surface area contributed by atoms with E-state index in [1.165, 1.54) is 12.1 Å². The maximum atomic E-state index is 13.6. The molecule has 1 aliphatic heterocycles. The summed E-state index contributed by atoms with van der Waals surface area (Å²) in [5.74, 6) is -0.635. The Bertz CT molecular complexity index is 448. The molecule has 2 N–H and O–H groups in total. The van der Waals surface area contributed by atoms with Crippen LogP contribution in [0.5, 0.6) is 0 Å². The van der Waals surface area contributed by atoms with Gasteiger partial charge in [0.25, 0.3) is 0 Å². The molecule has 2 rings (SSSR count). The molecular formula is C12H14ClFN2O2. The van der Waals surface area contributed by atoms with Crippen LogP contribution >= 0.6 is 11.6 Å². The number of piperidine rings is 1. The van der Waals surface area contributed by atoms with Crippen molar-refractivity contribution in [3.63, 3.8) is 0 Å². The van der Waals surface area contributed by atoms with Gasteiger partial charge in [-0.25, -0.2) is 9.18 Å². The number of carbonyl (C=O) groups excluding carboxylic acids is 1. The molecule has 18 heavy (non-hydrogen) atoms. The summed E-state index contributed by atoms with van der Waals surface area (Å²) in [6, 6.07) is 4.07. The van der Waals surface area contributed by atoms with E-state index in [-0.39, 0.29) is 22.8 Å². The molecule has 0 saturated carbocycles. The second-order valence-corrected chi connectivity index (χ2v) is 4.66. The smallest absolute Gasteiger partial charge is 0.321 e. The predicted molar refractivity (Wildman–Crippen MR) is 67.2 cm³/mol. The first-order valence-corrected chi connectivity index (χ1v) is 6.13. The molecule has 2 amide bonds. The fraction of sp³-hybridized carbons (Fsp3) is 0.417. The average molecular weight is 273 g/mol. The highest BCUT2D eigenvalue weighted by atomic mass is 35.5. The zero-order chi connectivity index (χ0) is 13.1. The Morgan fingerprint density at radius 3 is 2.78 bits per heavy atom. The van der Waals surface area contributed by atoms with Crippen LogP contribution in [0.2, 0.25) is 5.02 Å². The normalized spacial score (nSPS) is 16.7. The minimum Gasteiger partial charge on any atom is -0.393 e. The summed E-state index contributed by atoms with van der Waals surface area (Å²) in [4.78, 5) is 13.4. The topological polar surface area (TPSA) is 52.6 Å². The van der Waals surface area contributed by atoms with Crippen molar-refractivity contribution in [3.8, 4) is 0 Å². The Morgan fingerprint density at radius 1 is 1.44 bits per heavy atom. The number of hydrogen-bond acceptors (Lipinski definition) is 2. The molecule has 6 heteroatoms. The fourth-order valence-corrected chi connectivity index (χ4v) is 2.04. The third-order valence-electron chi connectivity index (χ3n) is 2.94. The van der Waals surface area contributed by atoms with E-state index in [2.05, 4.69) is 5.32 Å². The minimum absolute atomic E-state index is 0.0260. The second kappa shape index (κ2) is 5.54. The van der Waals surface area contributed by atoms with Crippen LogP contribution in [-0.4, -0.2) is 35.2 Å². The summed E-state index contributed by atoms with van der Waals surface area (Å²) in [7, 11) is 0. The van der Waals surface area contributed by atoms with Crippen molar-refractivity contribution in [2.75, 3.05) is 18.4 Å². The molecule has 4 nitrogen and oxygen atoms in total. The summed E-state index contributed by atoms with van der Waals surface area (Å²) >= 11 is 5.63. The van der Waals surface area contributed by atoms with Crippen molar-refractivity contribution in [1.29, 1.82) is 0 Å². The monoisotopic (exact) mass is 272 g/mol. The maximum absolute atomic E-state index is 13.6. The zero-order valence-corrected chi connectivity index (χ0v) is 10.5. The second-order valence-electron chi connectivity index (χ2n) is 4.25. The Labute approximate surface area is 109 Å². The molecule has 0 bridgehead atoms. The number of anilines is 1. The number of benzene rings is 1. The van der Waals surface area contributed by atoms with Gasteiger partial charge in [-0.3, -0.25) is 0 Å². The number of aliphatic hydroxyl groups excluding tert-OH is 1. The van der Waals surface area contributed by atoms with Crippen LogP contribution in [0.3, 0.4) is 0 Å². The summed E-state index contributed by atoms with van der Waals surface area (Å²) < 4.78 is 13.6. The van der Waals surface area contributed by atoms with Crippen LogP contribution in [0.1, 0.15) is 12.8 Å². The molecule has 1 aliphatic rings. The number of aliphatic hydroxyl groups is 1. The predicted octanol–water partition coefficient (Wildman–Crippen LogP) is 2.47. The first kappa shape index (κ1) is 13.1. The Morgan fingerprint density at radius 2 is 2.11 bits per heavy atom. The van der Waals surface area contributed by atoms with Gasteiger partial charge in [0.2, 0.25) is 0 Å². The van der Waals surface area contributed by atoms with Gasteiger partial charge >= 0.3 is 6.03 Å². The number of nitrogens with zero attached hydrogens (tertiary/aromatic N) is 1. The number of halogens is 2. The van der Waals surface area contributed by atoms with Crippen LogP contribution in [0.4, 0.5) is 14.9 Å². The van der Waals surface area contributed by atoms with E-state index in [9.17, 15) is 14.3 Å². The van der Waals surface area contributed by atoms with Crippen molar-refractivity contribution >= 4 is 23.3 Å². The lowest BCUT2D eigenvalue weighted by Gasteiger charge is -2.29. The molecule has 0 spiro atoms. The van der Waals surface area contributed by atoms with Gasteiger partial charge in [0.15, 0.2) is 5.82 Å². The van der Waals surface area contributed by atoms with E-state index in [1.807, 2.05) is 0 Å². The van der Waals surface area contributed by atoms with Crippen LogP contribution in [0, 0.1) is 5.82 Å². The molecule has 0 atom stereocenters. The number of hydrogen-bond donors (Lipinski definition) is 2. The molecule has 0 aromatic heterocycles. The highest BCUT2D eigenvalue weighted by Crippen LogP contribution is 2.22. The van der Waals surface area contributed by atoms with Gasteiger partial charge in [-0.1, -0.05) is 17.7 Å². The van der Waals surface area contributed by atoms with Crippen molar-refractivity contribution in [2.45, 2.75) is 18.9 Å². The number of likely N-dealkylation sites (tertiary alicyclic amines) is 1. The standard InChI is InChI=1S/C12H14ClFN2O2/c13-9-2-1-3-10(11(9)14)15-12(18)16-6-4-8(17)5-7-16/h1-3,8,17H,4-7H2,(H,15,18). The molecule has 0 aliphatic carbocycles. The van der Waals surface area contributed by atoms with Gasteiger partial charge in [0.1, 0.15) is 0 Å². The number of carbonyl (C=O) groups is 1. The summed E-state index contributed by atoms with van der Waals surface area (Å²) in [5.41, 5.74) is 0.0682. The lowest BCUT2D eigenvalue weighted by Crippen LogP contribution is -2.42. The lowest BCUT2D eigenvalue weighted by atomic mass is 10.1. The Kier molecular flexibility index (Phi) is 4.04. The number of rotatable bonds is 1. The number of nitrogens with one attached hydrogen (secondary N) is 1. The minimum atomic E-state index is -0.635. The molecule has 1 aromatic rings. The van der Waals surface area contributed by atoms with Gasteiger partial charge in [0.05, 0.1) is 16.8 Å². The fourth-order valence-electron chi connectivity index (χ4n) is 1.86. The first-order chi connectivity index (χ1) is 8.58. The third kappa shape index (κ3) is 2.91. The van der Waals surface area contributed by atoms with E-state index in [0.717, 1.165) is 0 Å². The maximum Gasteiger partial charge on any atom is 0.321 e. The van der Waals surface area contributed by atoms with Crippen molar-refractivity contribution in [2.24, 2.45) is 0 Å². The molecular weight excluding hydrogens is 259 g/mol. The largest absolute Gasteiger partial charge is 0.393 e. The van der Waals surface area contributed by atoms with E-state index < -0.39 is 5.82 Å². The van der Waals surface area contributed by atoms with Gasteiger partial charge < -0.3 is 15.3 Å². The van der Waals surface area contributed by atoms with Crippen molar-refractivity contribution in [3.05, 3.63) is 29.0 Å². The van der Waals surface area contributed by atoms with Crippen molar-refractivity contribution in [1.82, 2.24) is 4.90 Å². The quantitative estimate of drug-likeness (QED) is 0.825. The highest BCUT2D eigenvalue weighted by Gasteiger charge is 2.22. The first-order valence-electron chi connectivity index (χ1n) is 5.76. The molecule has 1 fully saturated rings. The Hall–Kier alpha value is -1.33. The van der Waals surface area contributed by atoms with Crippen LogP contribution < -0.4 is 5.32 Å². The SMILES string of the molecule is O=C(Nc1cccc(Cl)c1F)N1CCC(O)CC1. The molecule has 1 saturated heterocycles. The van der Waals surface area contributed by atoms with Gasteiger partial charge in [-0.15, -0.1) is 0 Å². The van der Waals surface area contributed by atoms with Crippen LogP contribution in [0.15, 0.2) is 18.2 Å². The molecule has 1 aromatic carbocycles. The summed E-state index contributed by atoms with van der Waals surface area (Å²) in [6.07, 6.45) is 0.744. The Balaban J connectivity index is 2.01. The molecule has 98 valence electrons. The van der Waals surface area contributed by atoms with Gasteiger partial charge in [-0.2, -0.15) is 0 Å². The van der Waals surface area contributed by atoms with Crippen molar-refractivity contribution < 1.29 is 14.3 Å². The van der Waals surface area contributed by atoms with Gasteiger partial charge in [-0.05, 0) is 25.0 Å². The molecule has 1 heterocycles. The van der Waals surface area contributed by atoms with E-state index >= 15 is 0 Å². The van der Waals surface area contributed by atoms with Gasteiger partial charge in [0, 0.05) is 13.1 Å². The molecule has 0 radical (unpaired) electrons. The zero-order valence-electron chi connectivity index (χ0n) is 9.70. The van der Waals surface area contributed by atoms with E-state index in [0.29, 0.717) is 25.9 Å². The van der Waals surface area contributed by atoms with Crippen LogP contribution in [-0.2, 0) is 0 Å². The van der Waals surface area contributed by atoms with Crippen LogP contribution in [0.25, 0.3) is 0 Å².